The summed E-state index contributed by atoms with van der Waals surface area (Å²) < 4.78 is 0. The van der Waals surface area contributed by atoms with Gasteiger partial charge in [-0.2, -0.15) is 0 Å². The van der Waals surface area contributed by atoms with E-state index in [4.69, 9.17) is 10.8 Å². The van der Waals surface area contributed by atoms with Gasteiger partial charge in [0.25, 0.3) is 0 Å². The van der Waals surface area contributed by atoms with Crippen LogP contribution in [0.4, 0.5) is 22.7 Å². The van der Waals surface area contributed by atoms with Crippen LogP contribution in [0.15, 0.2) is 36.4 Å². The van der Waals surface area contributed by atoms with E-state index in [0.29, 0.717) is 11.4 Å². The number of carbonyl (C=O) groups is 1. The number of aryl methyl sites for hydroxylation is 1. The lowest BCUT2D eigenvalue weighted by Crippen LogP contribution is -2.08. The monoisotopic (exact) mass is 285 g/mol. The Morgan fingerprint density at radius 3 is 2.29 bits per heavy atom. The number of anilines is 4. The van der Waals surface area contributed by atoms with Crippen molar-refractivity contribution < 1.29 is 9.90 Å². The maximum atomic E-state index is 11.2. The number of rotatable bonds is 4. The molecule has 2 aromatic carbocycles. The number of nitrogen functional groups attached to an aromatic ring is 1. The second-order valence-electron chi connectivity index (χ2n) is 5.13. The minimum Gasteiger partial charge on any atom is -0.478 e. The summed E-state index contributed by atoms with van der Waals surface area (Å²) in [5.74, 6) is -1.03. The number of hydrogen-bond donors (Lipinski definition) is 3. The standard InChI is InChI=1S/C16H19N3O2/c1-10-8-12(9-14(15(10)17)16(20)21)18-11-4-6-13(7-5-11)19(2)3/h4-9,18H,17H2,1-3H3,(H,20,21). The molecule has 0 aromatic heterocycles. The maximum absolute atomic E-state index is 11.2. The Morgan fingerprint density at radius 2 is 1.76 bits per heavy atom. The van der Waals surface area contributed by atoms with Crippen molar-refractivity contribution in [2.75, 3.05) is 30.0 Å². The highest BCUT2D eigenvalue weighted by Crippen LogP contribution is 2.26. The Bertz CT molecular complexity index is 664. The van der Waals surface area contributed by atoms with E-state index in [0.717, 1.165) is 16.9 Å². The van der Waals surface area contributed by atoms with Crippen LogP contribution in [-0.2, 0) is 0 Å². The van der Waals surface area contributed by atoms with Gasteiger partial charge in [-0.1, -0.05) is 0 Å². The Morgan fingerprint density at radius 1 is 1.14 bits per heavy atom. The van der Waals surface area contributed by atoms with Crippen LogP contribution in [0.1, 0.15) is 15.9 Å². The largest absolute Gasteiger partial charge is 0.478 e. The Hall–Kier alpha value is -2.69. The number of nitrogens with one attached hydrogen (secondary N) is 1. The van der Waals surface area contributed by atoms with E-state index in [-0.39, 0.29) is 5.56 Å². The van der Waals surface area contributed by atoms with Gasteiger partial charge in [0.1, 0.15) is 0 Å². The quantitative estimate of drug-likeness (QED) is 0.752. The summed E-state index contributed by atoms with van der Waals surface area (Å²) in [4.78, 5) is 13.2. The van der Waals surface area contributed by atoms with Crippen molar-refractivity contribution in [3.8, 4) is 0 Å². The third kappa shape index (κ3) is 3.25. The molecule has 0 unspecified atom stereocenters. The molecule has 0 radical (unpaired) electrons. The fourth-order valence-corrected chi connectivity index (χ4v) is 2.06. The van der Waals surface area contributed by atoms with E-state index in [1.165, 1.54) is 0 Å². The highest BCUT2D eigenvalue weighted by molar-refractivity contribution is 5.96. The predicted molar refractivity (Wildman–Crippen MR) is 86.6 cm³/mol. The summed E-state index contributed by atoms with van der Waals surface area (Å²) in [6.07, 6.45) is 0. The normalized spacial score (nSPS) is 10.2. The first-order valence-corrected chi connectivity index (χ1v) is 6.56. The minimum absolute atomic E-state index is 0.113. The summed E-state index contributed by atoms with van der Waals surface area (Å²) in [6.45, 7) is 1.79. The molecule has 0 saturated heterocycles. The van der Waals surface area contributed by atoms with Crippen molar-refractivity contribution in [1.82, 2.24) is 0 Å². The van der Waals surface area contributed by atoms with Crippen LogP contribution in [0.3, 0.4) is 0 Å². The first-order chi connectivity index (χ1) is 9.88. The zero-order valence-electron chi connectivity index (χ0n) is 12.3. The highest BCUT2D eigenvalue weighted by Gasteiger charge is 2.11. The third-order valence-electron chi connectivity index (χ3n) is 3.29. The molecule has 0 aliphatic rings. The van der Waals surface area contributed by atoms with Gasteiger partial charge in [-0.05, 0) is 48.9 Å². The van der Waals surface area contributed by atoms with Crippen molar-refractivity contribution in [2.45, 2.75) is 6.92 Å². The fourth-order valence-electron chi connectivity index (χ4n) is 2.06. The van der Waals surface area contributed by atoms with E-state index in [2.05, 4.69) is 5.32 Å². The smallest absolute Gasteiger partial charge is 0.337 e. The Balaban J connectivity index is 2.29. The molecule has 5 heteroatoms. The summed E-state index contributed by atoms with van der Waals surface area (Å²) in [6, 6.07) is 11.3. The Labute approximate surface area is 124 Å². The lowest BCUT2D eigenvalue weighted by Gasteiger charge is -2.14. The molecule has 0 fully saturated rings. The first kappa shape index (κ1) is 14.7. The van der Waals surface area contributed by atoms with E-state index < -0.39 is 5.97 Å². The summed E-state index contributed by atoms with van der Waals surface area (Å²) in [5.41, 5.74) is 9.63. The molecule has 0 aliphatic carbocycles. The molecule has 5 nitrogen and oxygen atoms in total. The number of carboxylic acid groups (broad SMARTS) is 1. The molecule has 2 rings (SSSR count). The molecule has 0 heterocycles. The van der Waals surface area contributed by atoms with Crippen molar-refractivity contribution in [2.24, 2.45) is 0 Å². The summed E-state index contributed by atoms with van der Waals surface area (Å²) >= 11 is 0. The predicted octanol–water partition coefficient (Wildman–Crippen LogP) is 3.09. The number of aromatic carboxylic acids is 1. The number of nitrogens with zero attached hydrogens (tertiary/aromatic N) is 1. The third-order valence-corrected chi connectivity index (χ3v) is 3.29. The van der Waals surface area contributed by atoms with Crippen molar-refractivity contribution in [3.63, 3.8) is 0 Å². The molecule has 0 amide bonds. The number of hydrogen-bond acceptors (Lipinski definition) is 4. The molecule has 0 aliphatic heterocycles. The lowest BCUT2D eigenvalue weighted by atomic mass is 10.1. The molecular formula is C16H19N3O2. The van der Waals surface area contributed by atoms with Crippen molar-refractivity contribution in [3.05, 3.63) is 47.5 Å². The molecule has 110 valence electrons. The van der Waals surface area contributed by atoms with Gasteiger partial charge in [0.05, 0.1) is 5.56 Å². The molecule has 21 heavy (non-hydrogen) atoms. The van der Waals surface area contributed by atoms with Crippen LogP contribution >= 0.6 is 0 Å². The van der Waals surface area contributed by atoms with Gasteiger partial charge in [0, 0.05) is 36.8 Å². The van der Waals surface area contributed by atoms with Gasteiger partial charge in [-0.25, -0.2) is 4.79 Å². The molecular weight excluding hydrogens is 266 g/mol. The highest BCUT2D eigenvalue weighted by atomic mass is 16.4. The van der Waals surface area contributed by atoms with Crippen LogP contribution in [0.2, 0.25) is 0 Å². The summed E-state index contributed by atoms with van der Waals surface area (Å²) in [7, 11) is 3.95. The SMILES string of the molecule is Cc1cc(Nc2ccc(N(C)C)cc2)cc(C(=O)O)c1N. The molecule has 4 N–H and O–H groups in total. The first-order valence-electron chi connectivity index (χ1n) is 6.56. The van der Waals surface area contributed by atoms with Crippen molar-refractivity contribution >= 4 is 28.7 Å². The Kier molecular flexibility index (Phi) is 4.03. The zero-order valence-corrected chi connectivity index (χ0v) is 12.3. The van der Waals surface area contributed by atoms with Crippen LogP contribution in [-0.4, -0.2) is 25.2 Å². The molecule has 0 spiro atoms. The number of nitrogens with two attached hydrogens (primary N) is 1. The lowest BCUT2D eigenvalue weighted by molar-refractivity contribution is 0.0698. The second kappa shape index (κ2) is 5.75. The van der Waals surface area contributed by atoms with Gasteiger partial charge < -0.3 is 21.1 Å². The van der Waals surface area contributed by atoms with Gasteiger partial charge in [0.15, 0.2) is 0 Å². The molecule has 2 aromatic rings. The molecule has 0 saturated carbocycles. The minimum atomic E-state index is -1.03. The average Bonchev–Trinajstić information content (AvgIpc) is 2.43. The zero-order chi connectivity index (χ0) is 15.6. The van der Waals surface area contributed by atoms with Gasteiger partial charge in [-0.3, -0.25) is 0 Å². The van der Waals surface area contributed by atoms with Gasteiger partial charge in [-0.15, -0.1) is 0 Å². The van der Waals surface area contributed by atoms with Crippen LogP contribution < -0.4 is 16.0 Å². The number of benzene rings is 2. The second-order valence-corrected chi connectivity index (χ2v) is 5.13. The molecule has 0 atom stereocenters. The number of carboxylic acids is 1. The van der Waals surface area contributed by atoms with Crippen LogP contribution in [0.25, 0.3) is 0 Å². The fraction of sp³-hybridized carbons (Fsp3) is 0.188. The van der Waals surface area contributed by atoms with E-state index >= 15 is 0 Å². The van der Waals surface area contributed by atoms with Crippen LogP contribution in [0, 0.1) is 6.92 Å². The van der Waals surface area contributed by atoms with Gasteiger partial charge >= 0.3 is 5.97 Å². The van der Waals surface area contributed by atoms with E-state index in [1.54, 1.807) is 13.0 Å². The maximum Gasteiger partial charge on any atom is 0.337 e. The van der Waals surface area contributed by atoms with Gasteiger partial charge in [0.2, 0.25) is 0 Å². The summed E-state index contributed by atoms with van der Waals surface area (Å²) in [5, 5.41) is 12.4. The average molecular weight is 285 g/mol. The van der Waals surface area contributed by atoms with E-state index in [9.17, 15) is 4.79 Å². The van der Waals surface area contributed by atoms with E-state index in [1.807, 2.05) is 49.3 Å². The van der Waals surface area contributed by atoms with Crippen LogP contribution in [0.5, 0.6) is 0 Å². The molecule has 0 bridgehead atoms. The van der Waals surface area contributed by atoms with Crippen molar-refractivity contribution in [1.29, 1.82) is 0 Å². The topological polar surface area (TPSA) is 78.6 Å².